The topological polar surface area (TPSA) is 38.7 Å². The molecule has 0 unspecified atom stereocenters. The van der Waals surface area contributed by atoms with Crippen LogP contribution in [-0.2, 0) is 0 Å². The highest BCUT2D eigenvalue weighted by atomic mass is 15.0. The molecule has 3 heteroatoms. The monoisotopic (exact) mass is 735 g/mol. The molecule has 11 aromatic carbocycles. The van der Waals surface area contributed by atoms with E-state index in [0.717, 1.165) is 27.8 Å². The molecule has 0 saturated carbocycles. The van der Waals surface area contributed by atoms with Crippen molar-refractivity contribution in [1.29, 1.82) is 0 Å². The quantitative estimate of drug-likeness (QED) is 0.165. The minimum Gasteiger partial charge on any atom is -0.208 e. The van der Waals surface area contributed by atoms with Crippen LogP contribution >= 0.6 is 0 Å². The lowest BCUT2D eigenvalue weighted by Crippen LogP contribution is -2.00. The van der Waals surface area contributed by atoms with Crippen molar-refractivity contribution in [3.05, 3.63) is 200 Å². The first-order chi connectivity index (χ1) is 28.7. The Morgan fingerprint density at radius 3 is 1.10 bits per heavy atom. The van der Waals surface area contributed by atoms with Gasteiger partial charge in [-0.15, -0.1) is 0 Å². The number of hydrogen-bond donors (Lipinski definition) is 0. The van der Waals surface area contributed by atoms with E-state index in [9.17, 15) is 0 Å². The standard InChI is InChI=1S/C55H33N3/c1-3-11-38(12-4-1)53-56-54(39-13-5-2-6-14-39)58-55(57-53)40-28-23-34(24-29-40)41-18-7-19-42(31-41)44-32-43-30-27-37-16-9-21-46-45-20-8-15-35-25-26-36-17-10-22-47(51(36)49(35)45)48(33-44)52(43)50(37)46/h1-33H. The molecule has 12 rings (SSSR count). The van der Waals surface area contributed by atoms with Crippen LogP contribution in [0.2, 0.25) is 0 Å². The fraction of sp³-hybridized carbons (Fsp3) is 0. The lowest BCUT2D eigenvalue weighted by atomic mass is 9.86. The van der Waals surface area contributed by atoms with Crippen molar-refractivity contribution in [2.75, 3.05) is 0 Å². The zero-order chi connectivity index (χ0) is 38.2. The average Bonchev–Trinajstić information content (AvgIpc) is 3.30. The van der Waals surface area contributed by atoms with E-state index in [1.807, 2.05) is 60.7 Å². The maximum atomic E-state index is 4.95. The molecular weight excluding hydrogens is 703 g/mol. The van der Waals surface area contributed by atoms with Gasteiger partial charge in [0.05, 0.1) is 0 Å². The van der Waals surface area contributed by atoms with E-state index in [0.29, 0.717) is 17.5 Å². The fourth-order valence-electron chi connectivity index (χ4n) is 9.08. The predicted molar refractivity (Wildman–Crippen MR) is 243 cm³/mol. The van der Waals surface area contributed by atoms with Gasteiger partial charge in [-0.25, -0.2) is 15.0 Å². The van der Waals surface area contributed by atoms with E-state index in [-0.39, 0.29) is 0 Å². The van der Waals surface area contributed by atoms with Crippen molar-refractivity contribution >= 4 is 64.6 Å². The van der Waals surface area contributed by atoms with Gasteiger partial charge in [0.15, 0.2) is 17.5 Å². The number of rotatable bonds is 5. The molecule has 0 fully saturated rings. The number of nitrogens with zero attached hydrogens (tertiary/aromatic N) is 3. The molecule has 0 radical (unpaired) electrons. The highest BCUT2D eigenvalue weighted by molar-refractivity contribution is 6.37. The van der Waals surface area contributed by atoms with Crippen LogP contribution in [0.5, 0.6) is 0 Å². The summed E-state index contributed by atoms with van der Waals surface area (Å²) in [6, 6.07) is 72.0. The van der Waals surface area contributed by atoms with Gasteiger partial charge in [0, 0.05) is 16.7 Å². The van der Waals surface area contributed by atoms with E-state index in [2.05, 4.69) is 140 Å². The summed E-state index contributed by atoms with van der Waals surface area (Å²) in [6.45, 7) is 0. The van der Waals surface area contributed by atoms with Gasteiger partial charge in [-0.3, -0.25) is 0 Å². The van der Waals surface area contributed by atoms with Gasteiger partial charge in [0.1, 0.15) is 0 Å². The second-order valence-corrected chi connectivity index (χ2v) is 15.2. The van der Waals surface area contributed by atoms with Crippen molar-refractivity contribution in [1.82, 2.24) is 15.0 Å². The zero-order valence-corrected chi connectivity index (χ0v) is 31.4. The largest absolute Gasteiger partial charge is 0.208 e. The highest BCUT2D eigenvalue weighted by Gasteiger charge is 2.17. The number of hydrogen-bond acceptors (Lipinski definition) is 3. The normalized spacial score (nSPS) is 11.8. The van der Waals surface area contributed by atoms with Crippen molar-refractivity contribution in [2.45, 2.75) is 0 Å². The number of fused-ring (bicyclic) bond motifs is 2. The minimum atomic E-state index is 0.647. The first-order valence-corrected chi connectivity index (χ1v) is 19.8. The molecule has 0 aliphatic carbocycles. The molecular formula is C55H33N3. The van der Waals surface area contributed by atoms with Gasteiger partial charge < -0.3 is 0 Å². The van der Waals surface area contributed by atoms with E-state index < -0.39 is 0 Å². The summed E-state index contributed by atoms with van der Waals surface area (Å²) in [5.41, 5.74) is 7.51. The molecule has 1 aromatic heterocycles. The molecule has 3 nitrogen and oxygen atoms in total. The molecule has 0 bridgehead atoms. The van der Waals surface area contributed by atoms with Crippen molar-refractivity contribution in [3.8, 4) is 56.4 Å². The molecule has 0 aliphatic rings. The lowest BCUT2D eigenvalue weighted by Gasteiger charge is -2.17. The number of benzene rings is 10. The SMILES string of the molecule is c1ccc(-c2nc(-c3ccccc3)nc(-c3ccc(-c4cccc(-c5cc6ccc7cccc8c9cccc%10ccc%11cccc(c(c5)c6c78)c%11c%109)c4)cc3)n2)cc1. The summed E-state index contributed by atoms with van der Waals surface area (Å²) in [5, 5.41) is 15.4. The first kappa shape index (κ1) is 32.5. The van der Waals surface area contributed by atoms with Crippen LogP contribution in [0.1, 0.15) is 0 Å². The van der Waals surface area contributed by atoms with Gasteiger partial charge in [-0.1, -0.05) is 182 Å². The van der Waals surface area contributed by atoms with Crippen LogP contribution in [0.15, 0.2) is 200 Å². The summed E-state index contributed by atoms with van der Waals surface area (Å²) >= 11 is 0. The van der Waals surface area contributed by atoms with E-state index in [1.54, 1.807) is 0 Å². The second kappa shape index (κ2) is 12.9. The van der Waals surface area contributed by atoms with Crippen molar-refractivity contribution < 1.29 is 0 Å². The molecule has 58 heavy (non-hydrogen) atoms. The first-order valence-electron chi connectivity index (χ1n) is 19.8. The molecule has 0 saturated heterocycles. The van der Waals surface area contributed by atoms with Gasteiger partial charge >= 0.3 is 0 Å². The Balaban J connectivity index is 1.01. The van der Waals surface area contributed by atoms with Crippen LogP contribution in [-0.4, -0.2) is 15.0 Å². The molecule has 0 N–H and O–H groups in total. The summed E-state index contributed by atoms with van der Waals surface area (Å²) in [5.74, 6) is 1.96. The van der Waals surface area contributed by atoms with Crippen molar-refractivity contribution in [3.63, 3.8) is 0 Å². The fourth-order valence-corrected chi connectivity index (χ4v) is 9.08. The van der Waals surface area contributed by atoms with Crippen LogP contribution in [0.3, 0.4) is 0 Å². The Morgan fingerprint density at radius 1 is 0.207 bits per heavy atom. The third-order valence-corrected chi connectivity index (χ3v) is 11.8. The molecule has 12 aromatic rings. The molecule has 0 spiro atoms. The summed E-state index contributed by atoms with van der Waals surface area (Å²) in [6.07, 6.45) is 0. The van der Waals surface area contributed by atoms with Gasteiger partial charge in [0.2, 0.25) is 0 Å². The van der Waals surface area contributed by atoms with E-state index in [4.69, 9.17) is 15.0 Å². The Labute approximate surface area is 334 Å². The molecule has 0 atom stereocenters. The van der Waals surface area contributed by atoms with Crippen LogP contribution in [0, 0.1) is 0 Å². The smallest absolute Gasteiger partial charge is 0.164 e. The average molecular weight is 736 g/mol. The summed E-state index contributed by atoms with van der Waals surface area (Å²) in [7, 11) is 0. The van der Waals surface area contributed by atoms with Crippen molar-refractivity contribution in [2.24, 2.45) is 0 Å². The second-order valence-electron chi connectivity index (χ2n) is 15.2. The van der Waals surface area contributed by atoms with Gasteiger partial charge in [-0.2, -0.15) is 0 Å². The molecule has 268 valence electrons. The lowest BCUT2D eigenvalue weighted by molar-refractivity contribution is 1.07. The highest BCUT2D eigenvalue weighted by Crippen LogP contribution is 2.44. The Morgan fingerprint density at radius 2 is 0.586 bits per heavy atom. The van der Waals surface area contributed by atoms with Gasteiger partial charge in [-0.05, 0) is 105 Å². The van der Waals surface area contributed by atoms with E-state index >= 15 is 0 Å². The zero-order valence-electron chi connectivity index (χ0n) is 31.4. The van der Waals surface area contributed by atoms with Gasteiger partial charge in [0.25, 0.3) is 0 Å². The maximum Gasteiger partial charge on any atom is 0.164 e. The third-order valence-electron chi connectivity index (χ3n) is 11.8. The van der Waals surface area contributed by atoms with Crippen LogP contribution in [0.4, 0.5) is 0 Å². The van der Waals surface area contributed by atoms with Crippen LogP contribution < -0.4 is 0 Å². The Bertz CT molecular complexity index is 3480. The Hall–Kier alpha value is -7.75. The third kappa shape index (κ3) is 5.18. The van der Waals surface area contributed by atoms with E-state index in [1.165, 1.54) is 75.8 Å². The molecule has 1 heterocycles. The van der Waals surface area contributed by atoms with Crippen LogP contribution in [0.25, 0.3) is 121 Å². The molecule has 0 aliphatic heterocycles. The number of aromatic nitrogens is 3. The summed E-state index contributed by atoms with van der Waals surface area (Å²) < 4.78 is 0. The predicted octanol–water partition coefficient (Wildman–Crippen LogP) is 14.6. The minimum absolute atomic E-state index is 0.647. The Kier molecular flexibility index (Phi) is 7.23. The molecule has 0 amide bonds. The maximum absolute atomic E-state index is 4.95. The summed E-state index contributed by atoms with van der Waals surface area (Å²) in [4.78, 5) is 14.8.